The van der Waals surface area contributed by atoms with Crippen LogP contribution in [-0.2, 0) is 17.8 Å². The normalized spacial score (nSPS) is 21.0. The number of likely N-dealkylation sites (tertiary alicyclic amines) is 1. The van der Waals surface area contributed by atoms with Crippen LogP contribution in [0.5, 0.6) is 0 Å². The van der Waals surface area contributed by atoms with E-state index in [0.29, 0.717) is 49.6 Å². The lowest BCUT2D eigenvalue weighted by Crippen LogP contribution is -2.42. The number of fused-ring (bicyclic) bond motifs is 1. The number of H-pyrrole nitrogens is 1. The molecule has 7 nitrogen and oxygen atoms in total. The molecular weight excluding hydrogens is 399 g/mol. The number of nitrogens with zero attached hydrogens (tertiary/aromatic N) is 3. The van der Waals surface area contributed by atoms with E-state index in [4.69, 9.17) is 4.98 Å². The number of nitrogens with one attached hydrogen (secondary N) is 1. The smallest absolute Gasteiger partial charge is 0.254 e. The molecule has 1 saturated heterocycles. The van der Waals surface area contributed by atoms with E-state index >= 15 is 0 Å². The first-order valence-corrected chi connectivity index (χ1v) is 11.0. The van der Waals surface area contributed by atoms with Crippen molar-refractivity contribution in [1.29, 1.82) is 0 Å². The predicted octanol–water partition coefficient (Wildman–Crippen LogP) is 2.57. The van der Waals surface area contributed by atoms with Gasteiger partial charge < -0.3 is 14.8 Å². The van der Waals surface area contributed by atoms with E-state index in [0.717, 1.165) is 25.7 Å². The molecule has 3 heterocycles. The molecular formula is C23H25FN4O3. The number of carbonyl (C=O) groups is 2. The van der Waals surface area contributed by atoms with Crippen molar-refractivity contribution >= 4 is 11.8 Å². The summed E-state index contributed by atoms with van der Waals surface area (Å²) in [5, 5.41) is 0. The van der Waals surface area contributed by atoms with Gasteiger partial charge in [0, 0.05) is 30.1 Å². The van der Waals surface area contributed by atoms with E-state index in [-0.39, 0.29) is 34.9 Å². The molecule has 162 valence electrons. The summed E-state index contributed by atoms with van der Waals surface area (Å²) < 4.78 is 13.7. The Morgan fingerprint density at radius 3 is 2.74 bits per heavy atom. The van der Waals surface area contributed by atoms with Crippen LogP contribution < -0.4 is 5.56 Å². The molecule has 31 heavy (non-hydrogen) atoms. The second-order valence-corrected chi connectivity index (χ2v) is 8.68. The zero-order chi connectivity index (χ0) is 21.5. The molecule has 1 saturated carbocycles. The van der Waals surface area contributed by atoms with Gasteiger partial charge in [0.1, 0.15) is 11.6 Å². The van der Waals surface area contributed by atoms with Crippen molar-refractivity contribution in [3.63, 3.8) is 0 Å². The van der Waals surface area contributed by atoms with Gasteiger partial charge in [-0.3, -0.25) is 14.4 Å². The van der Waals surface area contributed by atoms with Gasteiger partial charge in [-0.1, -0.05) is 6.07 Å². The second kappa shape index (κ2) is 7.90. The third-order valence-corrected chi connectivity index (χ3v) is 6.48. The Balaban J connectivity index is 1.45. The highest BCUT2D eigenvalue weighted by atomic mass is 19.1. The van der Waals surface area contributed by atoms with Crippen LogP contribution in [0.4, 0.5) is 4.39 Å². The van der Waals surface area contributed by atoms with Crippen molar-refractivity contribution in [2.24, 2.45) is 5.92 Å². The molecule has 2 aliphatic heterocycles. The predicted molar refractivity (Wildman–Crippen MR) is 111 cm³/mol. The first-order valence-electron chi connectivity index (χ1n) is 11.0. The van der Waals surface area contributed by atoms with Crippen LogP contribution in [-0.4, -0.2) is 44.7 Å². The maximum atomic E-state index is 13.7. The first kappa shape index (κ1) is 19.9. The zero-order valence-electron chi connectivity index (χ0n) is 17.3. The van der Waals surface area contributed by atoms with Gasteiger partial charge in [-0.05, 0) is 56.7 Å². The number of aromatic amines is 1. The van der Waals surface area contributed by atoms with Crippen molar-refractivity contribution in [1.82, 2.24) is 19.8 Å². The highest BCUT2D eigenvalue weighted by Gasteiger charge is 2.36. The lowest BCUT2D eigenvalue weighted by Gasteiger charge is -2.36. The molecule has 2 aromatic rings. The molecule has 1 atom stereocenters. The Kier molecular flexibility index (Phi) is 5.08. The Morgan fingerprint density at radius 1 is 1.13 bits per heavy atom. The highest BCUT2D eigenvalue weighted by molar-refractivity contribution is 5.94. The number of piperidine rings is 1. The number of aromatic nitrogens is 2. The van der Waals surface area contributed by atoms with E-state index < -0.39 is 5.82 Å². The number of hydrogen-bond donors (Lipinski definition) is 1. The minimum atomic E-state index is -0.458. The molecule has 0 radical (unpaired) electrons. The van der Waals surface area contributed by atoms with E-state index in [1.165, 1.54) is 18.2 Å². The van der Waals surface area contributed by atoms with Crippen LogP contribution >= 0.6 is 0 Å². The van der Waals surface area contributed by atoms with Crippen LogP contribution in [0.3, 0.4) is 0 Å². The van der Waals surface area contributed by atoms with E-state index in [1.807, 2.05) is 0 Å². The van der Waals surface area contributed by atoms with Crippen molar-refractivity contribution in [2.45, 2.75) is 51.1 Å². The highest BCUT2D eigenvalue weighted by Crippen LogP contribution is 2.33. The Bertz CT molecular complexity index is 1090. The number of halogens is 1. The number of hydrogen-bond acceptors (Lipinski definition) is 4. The van der Waals surface area contributed by atoms with Gasteiger partial charge in [-0.25, -0.2) is 9.37 Å². The average Bonchev–Trinajstić information content (AvgIpc) is 3.63. The van der Waals surface area contributed by atoms with Gasteiger partial charge in [0.05, 0.1) is 18.3 Å². The molecule has 1 N–H and O–H groups in total. The Hall–Kier alpha value is -3.03. The van der Waals surface area contributed by atoms with Crippen molar-refractivity contribution in [3.8, 4) is 0 Å². The molecule has 2 amide bonds. The Labute approximate surface area is 179 Å². The summed E-state index contributed by atoms with van der Waals surface area (Å²) in [4.78, 5) is 49.5. The van der Waals surface area contributed by atoms with Crippen molar-refractivity contribution < 1.29 is 14.0 Å². The van der Waals surface area contributed by atoms with Gasteiger partial charge in [0.15, 0.2) is 0 Å². The standard InChI is InChI=1S/C23H25FN4O3/c24-16-5-3-4-15(12-16)23(31)28-10-2-1-6-19(28)20-25-18-13-27(22(30)14-7-8-14)11-9-17(18)21(29)26-20/h3-5,12,14,19H,1-2,6-11,13H2,(H,25,26,29). The fourth-order valence-corrected chi connectivity index (χ4v) is 4.64. The summed E-state index contributed by atoms with van der Waals surface area (Å²) in [7, 11) is 0. The molecule has 5 rings (SSSR count). The summed E-state index contributed by atoms with van der Waals surface area (Å²) in [5.74, 6) is -0.000209. The van der Waals surface area contributed by atoms with Crippen LogP contribution in [0.15, 0.2) is 29.1 Å². The molecule has 1 aromatic heterocycles. The SMILES string of the molecule is O=C(C1CC1)N1CCc2c(nc(C3CCCCN3C(=O)c3cccc(F)c3)[nH]c2=O)C1. The van der Waals surface area contributed by atoms with E-state index in [9.17, 15) is 18.8 Å². The number of benzene rings is 1. The lowest BCUT2D eigenvalue weighted by molar-refractivity contribution is -0.133. The maximum absolute atomic E-state index is 13.7. The summed E-state index contributed by atoms with van der Waals surface area (Å²) >= 11 is 0. The first-order chi connectivity index (χ1) is 15.0. The number of rotatable bonds is 3. The zero-order valence-corrected chi connectivity index (χ0v) is 17.3. The van der Waals surface area contributed by atoms with Gasteiger partial charge in [-0.15, -0.1) is 0 Å². The van der Waals surface area contributed by atoms with Crippen molar-refractivity contribution in [2.75, 3.05) is 13.1 Å². The van der Waals surface area contributed by atoms with E-state index in [2.05, 4.69) is 4.98 Å². The molecule has 8 heteroatoms. The molecule has 2 fully saturated rings. The topological polar surface area (TPSA) is 86.4 Å². The summed E-state index contributed by atoms with van der Waals surface area (Å²) in [6.07, 6.45) is 4.80. The third kappa shape index (κ3) is 3.86. The molecule has 1 aliphatic carbocycles. The average molecular weight is 424 g/mol. The molecule has 0 bridgehead atoms. The molecule has 3 aliphatic rings. The largest absolute Gasteiger partial charge is 0.336 e. The fraction of sp³-hybridized carbons (Fsp3) is 0.478. The van der Waals surface area contributed by atoms with Gasteiger partial charge in [-0.2, -0.15) is 0 Å². The van der Waals surface area contributed by atoms with Gasteiger partial charge >= 0.3 is 0 Å². The molecule has 1 aromatic carbocycles. The quantitative estimate of drug-likeness (QED) is 0.821. The summed E-state index contributed by atoms with van der Waals surface area (Å²) in [5.41, 5.74) is 1.35. The monoisotopic (exact) mass is 424 g/mol. The minimum absolute atomic E-state index is 0.126. The van der Waals surface area contributed by atoms with E-state index in [1.54, 1.807) is 15.9 Å². The van der Waals surface area contributed by atoms with Crippen LogP contribution in [0.2, 0.25) is 0 Å². The third-order valence-electron chi connectivity index (χ3n) is 6.48. The van der Waals surface area contributed by atoms with Crippen LogP contribution in [0, 0.1) is 11.7 Å². The molecule has 1 unspecified atom stereocenters. The van der Waals surface area contributed by atoms with Gasteiger partial charge in [0.2, 0.25) is 5.91 Å². The number of carbonyl (C=O) groups excluding carboxylic acids is 2. The minimum Gasteiger partial charge on any atom is -0.336 e. The Morgan fingerprint density at radius 2 is 1.97 bits per heavy atom. The fourth-order valence-electron chi connectivity index (χ4n) is 4.64. The number of amides is 2. The molecule has 0 spiro atoms. The lowest BCUT2D eigenvalue weighted by atomic mass is 9.99. The van der Waals surface area contributed by atoms with Crippen LogP contribution in [0.1, 0.15) is 65.6 Å². The summed E-state index contributed by atoms with van der Waals surface area (Å²) in [6, 6.07) is 5.28. The second-order valence-electron chi connectivity index (χ2n) is 8.68. The van der Waals surface area contributed by atoms with Gasteiger partial charge in [0.25, 0.3) is 11.5 Å². The van der Waals surface area contributed by atoms with Crippen molar-refractivity contribution in [3.05, 3.63) is 63.1 Å². The summed E-state index contributed by atoms with van der Waals surface area (Å²) in [6.45, 7) is 1.40. The maximum Gasteiger partial charge on any atom is 0.254 e. The van der Waals surface area contributed by atoms with Crippen LogP contribution in [0.25, 0.3) is 0 Å².